The second-order valence-electron chi connectivity index (χ2n) is 5.76. The molecule has 0 fully saturated rings. The van der Waals surface area contributed by atoms with E-state index >= 15 is 0 Å². The average molecular weight is 349 g/mol. The molecule has 0 atom stereocenters. The molecular formula is C20H13ClN2O2. The van der Waals surface area contributed by atoms with E-state index in [2.05, 4.69) is 10.3 Å². The highest BCUT2D eigenvalue weighted by Crippen LogP contribution is 2.36. The summed E-state index contributed by atoms with van der Waals surface area (Å²) in [7, 11) is 0. The van der Waals surface area contributed by atoms with Gasteiger partial charge in [0, 0.05) is 35.8 Å². The van der Waals surface area contributed by atoms with Crippen LogP contribution in [0, 0.1) is 0 Å². The van der Waals surface area contributed by atoms with Gasteiger partial charge in [0.15, 0.2) is 11.6 Å². The van der Waals surface area contributed by atoms with Crippen LogP contribution in [0.3, 0.4) is 0 Å². The molecule has 4 nitrogen and oxygen atoms in total. The first-order valence-electron chi connectivity index (χ1n) is 7.80. The maximum absolute atomic E-state index is 13.0. The number of rotatable bonds is 3. The number of nitrogens with one attached hydrogen (secondary N) is 1. The number of pyridine rings is 1. The maximum atomic E-state index is 13.0. The van der Waals surface area contributed by atoms with Crippen LogP contribution in [0.15, 0.2) is 60.9 Å². The summed E-state index contributed by atoms with van der Waals surface area (Å²) in [6, 6.07) is 14.0. The minimum absolute atomic E-state index is 0.193. The zero-order valence-corrected chi connectivity index (χ0v) is 13.9. The van der Waals surface area contributed by atoms with Gasteiger partial charge in [0.25, 0.3) is 0 Å². The van der Waals surface area contributed by atoms with E-state index in [9.17, 15) is 9.59 Å². The number of hydrogen-bond donors (Lipinski definition) is 1. The molecule has 1 aromatic heterocycles. The maximum Gasteiger partial charge on any atom is 0.196 e. The Morgan fingerprint density at radius 1 is 0.880 bits per heavy atom. The van der Waals surface area contributed by atoms with Gasteiger partial charge in [-0.25, -0.2) is 0 Å². The summed E-state index contributed by atoms with van der Waals surface area (Å²) in [5.74, 6) is -0.415. The number of carbonyl (C=O) groups is 2. The third kappa shape index (κ3) is 2.61. The predicted octanol–water partition coefficient (Wildman–Crippen LogP) is 4.12. The van der Waals surface area contributed by atoms with Crippen LogP contribution in [-0.4, -0.2) is 16.6 Å². The molecule has 0 amide bonds. The number of fused-ring (bicyclic) bond motifs is 2. The van der Waals surface area contributed by atoms with Crippen LogP contribution in [0.1, 0.15) is 37.4 Å². The van der Waals surface area contributed by atoms with Gasteiger partial charge in [0.05, 0.1) is 16.1 Å². The number of nitrogens with zero attached hydrogens (tertiary/aromatic N) is 1. The monoisotopic (exact) mass is 348 g/mol. The van der Waals surface area contributed by atoms with Gasteiger partial charge < -0.3 is 5.32 Å². The highest BCUT2D eigenvalue weighted by Gasteiger charge is 2.33. The van der Waals surface area contributed by atoms with E-state index in [1.54, 1.807) is 48.8 Å². The smallest absolute Gasteiger partial charge is 0.196 e. The number of hydrogen-bond acceptors (Lipinski definition) is 4. The van der Waals surface area contributed by atoms with Gasteiger partial charge in [-0.1, -0.05) is 41.9 Å². The zero-order valence-electron chi connectivity index (χ0n) is 13.1. The first-order chi connectivity index (χ1) is 12.2. The second-order valence-corrected chi connectivity index (χ2v) is 6.17. The molecule has 0 unspecified atom stereocenters. The van der Waals surface area contributed by atoms with Crippen LogP contribution in [0.2, 0.25) is 5.02 Å². The van der Waals surface area contributed by atoms with Crippen LogP contribution in [0.25, 0.3) is 0 Å². The van der Waals surface area contributed by atoms with Crippen molar-refractivity contribution in [3.8, 4) is 0 Å². The molecule has 0 radical (unpaired) electrons. The van der Waals surface area contributed by atoms with E-state index in [1.807, 2.05) is 12.1 Å². The molecule has 1 aliphatic carbocycles. The summed E-state index contributed by atoms with van der Waals surface area (Å²) >= 11 is 6.25. The SMILES string of the molecule is O=C1c2ccccc2C(=O)c2c(NCc3cccnc3)ccc(Cl)c21. The topological polar surface area (TPSA) is 59.1 Å². The summed E-state index contributed by atoms with van der Waals surface area (Å²) in [6.07, 6.45) is 3.45. The van der Waals surface area contributed by atoms with Crippen LogP contribution >= 0.6 is 11.6 Å². The number of benzene rings is 2. The second kappa shape index (κ2) is 6.15. The zero-order chi connectivity index (χ0) is 17.4. The van der Waals surface area contributed by atoms with Crippen LogP contribution in [-0.2, 0) is 6.54 Å². The minimum Gasteiger partial charge on any atom is -0.380 e. The van der Waals surface area contributed by atoms with Crippen molar-refractivity contribution in [2.45, 2.75) is 6.54 Å². The molecule has 0 saturated heterocycles. The molecular weight excluding hydrogens is 336 g/mol. The fourth-order valence-electron chi connectivity index (χ4n) is 3.03. The summed E-state index contributed by atoms with van der Waals surface area (Å²) in [4.78, 5) is 29.9. The molecule has 122 valence electrons. The molecule has 5 heteroatoms. The standard InChI is InChI=1S/C20H13ClN2O2/c21-15-7-8-16(23-11-12-4-3-9-22-10-12)18-17(15)19(24)13-5-1-2-6-14(13)20(18)25/h1-10,23H,11H2. The Hall–Kier alpha value is -2.98. The Kier molecular flexibility index (Phi) is 3.82. The lowest BCUT2D eigenvalue weighted by Gasteiger charge is -2.21. The summed E-state index contributed by atoms with van der Waals surface area (Å²) in [5, 5.41) is 3.51. The number of ketones is 2. The lowest BCUT2D eigenvalue weighted by molar-refractivity contribution is 0.0979. The first kappa shape index (κ1) is 15.5. The van der Waals surface area contributed by atoms with E-state index in [0.717, 1.165) is 5.56 Å². The molecule has 2 aromatic carbocycles. The van der Waals surface area contributed by atoms with Crippen molar-refractivity contribution in [1.82, 2.24) is 4.98 Å². The highest BCUT2D eigenvalue weighted by atomic mass is 35.5. The van der Waals surface area contributed by atoms with Crippen molar-refractivity contribution >= 4 is 28.9 Å². The molecule has 4 rings (SSSR count). The quantitative estimate of drug-likeness (QED) is 0.605. The van der Waals surface area contributed by atoms with E-state index in [1.165, 1.54) is 0 Å². The normalized spacial score (nSPS) is 12.5. The van der Waals surface area contributed by atoms with Crippen molar-refractivity contribution in [2.24, 2.45) is 0 Å². The summed E-state index contributed by atoms with van der Waals surface area (Å²) < 4.78 is 0. The van der Waals surface area contributed by atoms with Gasteiger partial charge in [0.1, 0.15) is 0 Å². The van der Waals surface area contributed by atoms with Crippen molar-refractivity contribution < 1.29 is 9.59 Å². The van der Waals surface area contributed by atoms with Gasteiger partial charge in [-0.15, -0.1) is 0 Å². The fourth-order valence-corrected chi connectivity index (χ4v) is 3.27. The van der Waals surface area contributed by atoms with Crippen LogP contribution in [0.5, 0.6) is 0 Å². The Labute approximate surface area is 149 Å². The van der Waals surface area contributed by atoms with Gasteiger partial charge in [-0.05, 0) is 23.8 Å². The Morgan fingerprint density at radius 2 is 1.60 bits per heavy atom. The van der Waals surface area contributed by atoms with E-state index < -0.39 is 0 Å². The molecule has 0 aliphatic heterocycles. The van der Waals surface area contributed by atoms with Crippen molar-refractivity contribution in [3.05, 3.63) is 93.8 Å². The predicted molar refractivity (Wildman–Crippen MR) is 96.3 cm³/mol. The van der Waals surface area contributed by atoms with Crippen molar-refractivity contribution in [3.63, 3.8) is 0 Å². The molecule has 1 heterocycles. The van der Waals surface area contributed by atoms with Crippen molar-refractivity contribution in [2.75, 3.05) is 5.32 Å². The van der Waals surface area contributed by atoms with Gasteiger partial charge in [0.2, 0.25) is 0 Å². The number of aromatic nitrogens is 1. The fraction of sp³-hybridized carbons (Fsp3) is 0.0500. The third-order valence-corrected chi connectivity index (χ3v) is 4.55. The van der Waals surface area contributed by atoms with Crippen molar-refractivity contribution in [1.29, 1.82) is 0 Å². The number of anilines is 1. The summed E-state index contributed by atoms with van der Waals surface area (Å²) in [5.41, 5.74) is 2.97. The molecule has 3 aromatic rings. The molecule has 0 saturated carbocycles. The summed E-state index contributed by atoms with van der Waals surface area (Å²) in [6.45, 7) is 0.491. The largest absolute Gasteiger partial charge is 0.380 e. The average Bonchev–Trinajstić information content (AvgIpc) is 2.66. The Bertz CT molecular complexity index is 1000. The van der Waals surface area contributed by atoms with E-state index in [4.69, 9.17) is 11.6 Å². The Balaban J connectivity index is 1.79. The lowest BCUT2D eigenvalue weighted by atomic mass is 9.83. The first-order valence-corrected chi connectivity index (χ1v) is 8.18. The molecule has 0 bridgehead atoms. The van der Waals surface area contributed by atoms with E-state index in [-0.39, 0.29) is 22.2 Å². The van der Waals surface area contributed by atoms with Gasteiger partial charge >= 0.3 is 0 Å². The highest BCUT2D eigenvalue weighted by molar-refractivity contribution is 6.39. The molecule has 1 aliphatic rings. The Morgan fingerprint density at radius 3 is 2.28 bits per heavy atom. The van der Waals surface area contributed by atoms with E-state index in [0.29, 0.717) is 28.9 Å². The number of halogens is 1. The van der Waals surface area contributed by atoms with Crippen LogP contribution < -0.4 is 5.32 Å². The van der Waals surface area contributed by atoms with Gasteiger partial charge in [-0.2, -0.15) is 0 Å². The lowest BCUT2D eigenvalue weighted by Crippen LogP contribution is -2.23. The molecule has 25 heavy (non-hydrogen) atoms. The third-order valence-electron chi connectivity index (χ3n) is 4.23. The number of carbonyl (C=O) groups excluding carboxylic acids is 2. The minimum atomic E-state index is -0.222. The molecule has 1 N–H and O–H groups in total. The molecule has 0 spiro atoms. The van der Waals surface area contributed by atoms with Crippen LogP contribution in [0.4, 0.5) is 5.69 Å². The van der Waals surface area contributed by atoms with Gasteiger partial charge in [-0.3, -0.25) is 14.6 Å².